The van der Waals surface area contributed by atoms with Crippen LogP contribution in [-0.2, 0) is 4.79 Å². The molecule has 3 aromatic rings. The predicted molar refractivity (Wildman–Crippen MR) is 98.0 cm³/mol. The lowest BCUT2D eigenvalue weighted by Gasteiger charge is -2.01. The lowest BCUT2D eigenvalue weighted by Crippen LogP contribution is -2.07. The average molecular weight is 356 g/mol. The largest absolute Gasteiger partial charge is 0.457 e. The second-order valence-corrected chi connectivity index (χ2v) is 5.90. The summed E-state index contributed by atoms with van der Waals surface area (Å²) in [5.41, 5.74) is 2.38. The van der Waals surface area contributed by atoms with E-state index in [-0.39, 0.29) is 11.7 Å². The van der Waals surface area contributed by atoms with Gasteiger partial charge in [-0.25, -0.2) is 4.39 Å². The van der Waals surface area contributed by atoms with Crippen LogP contribution in [0.5, 0.6) is 0 Å². The minimum atomic E-state index is -0.354. The quantitative estimate of drug-likeness (QED) is 0.610. The van der Waals surface area contributed by atoms with Crippen LogP contribution in [0, 0.1) is 12.7 Å². The lowest BCUT2D eigenvalue weighted by molar-refractivity contribution is -0.111. The summed E-state index contributed by atoms with van der Waals surface area (Å²) in [7, 11) is 0. The van der Waals surface area contributed by atoms with E-state index in [0.29, 0.717) is 22.2 Å². The van der Waals surface area contributed by atoms with E-state index in [9.17, 15) is 9.18 Å². The zero-order valence-electron chi connectivity index (χ0n) is 13.4. The van der Waals surface area contributed by atoms with Gasteiger partial charge < -0.3 is 9.73 Å². The van der Waals surface area contributed by atoms with Crippen molar-refractivity contribution < 1.29 is 13.6 Å². The van der Waals surface area contributed by atoms with Gasteiger partial charge in [0.1, 0.15) is 17.3 Å². The number of aryl methyl sites for hydroxylation is 1. The maximum absolute atomic E-state index is 12.8. The van der Waals surface area contributed by atoms with Crippen LogP contribution in [0.4, 0.5) is 10.1 Å². The van der Waals surface area contributed by atoms with Crippen molar-refractivity contribution in [3.05, 3.63) is 82.8 Å². The number of carbonyl (C=O) groups is 1. The van der Waals surface area contributed by atoms with Crippen molar-refractivity contribution in [3.8, 4) is 11.3 Å². The molecule has 1 heterocycles. The van der Waals surface area contributed by atoms with Crippen LogP contribution in [0.3, 0.4) is 0 Å². The molecule has 1 aromatic heterocycles. The van der Waals surface area contributed by atoms with Crippen molar-refractivity contribution in [2.75, 3.05) is 5.32 Å². The molecule has 0 bridgehead atoms. The Morgan fingerprint density at radius 1 is 1.12 bits per heavy atom. The first-order valence-corrected chi connectivity index (χ1v) is 8.00. The molecule has 0 atom stereocenters. The normalized spacial score (nSPS) is 11.0. The topological polar surface area (TPSA) is 42.2 Å². The highest BCUT2D eigenvalue weighted by Crippen LogP contribution is 2.27. The van der Waals surface area contributed by atoms with E-state index in [1.165, 1.54) is 30.3 Å². The molecule has 25 heavy (non-hydrogen) atoms. The Morgan fingerprint density at radius 3 is 2.60 bits per heavy atom. The van der Waals surface area contributed by atoms with Crippen molar-refractivity contribution in [3.63, 3.8) is 0 Å². The average Bonchev–Trinajstić information content (AvgIpc) is 3.07. The van der Waals surface area contributed by atoms with Crippen LogP contribution in [-0.4, -0.2) is 5.91 Å². The zero-order chi connectivity index (χ0) is 17.8. The number of amides is 1. The molecule has 1 amide bonds. The first-order valence-electron chi connectivity index (χ1n) is 7.62. The zero-order valence-corrected chi connectivity index (χ0v) is 14.2. The number of halogens is 2. The van der Waals surface area contributed by atoms with E-state index in [1.807, 2.05) is 31.2 Å². The fourth-order valence-corrected chi connectivity index (χ4v) is 2.40. The smallest absolute Gasteiger partial charge is 0.248 e. The van der Waals surface area contributed by atoms with Crippen LogP contribution in [0.1, 0.15) is 11.3 Å². The summed E-state index contributed by atoms with van der Waals surface area (Å²) in [6.45, 7) is 1.93. The highest BCUT2D eigenvalue weighted by molar-refractivity contribution is 6.31. The molecule has 2 aromatic carbocycles. The highest BCUT2D eigenvalue weighted by atomic mass is 35.5. The van der Waals surface area contributed by atoms with Crippen molar-refractivity contribution in [2.45, 2.75) is 6.92 Å². The third-order valence-corrected chi connectivity index (χ3v) is 4.00. The Balaban J connectivity index is 1.67. The van der Waals surface area contributed by atoms with Crippen molar-refractivity contribution in [1.29, 1.82) is 0 Å². The van der Waals surface area contributed by atoms with Crippen molar-refractivity contribution in [2.24, 2.45) is 0 Å². The summed E-state index contributed by atoms with van der Waals surface area (Å²) in [6.07, 6.45) is 2.92. The second-order valence-electron chi connectivity index (χ2n) is 5.50. The highest BCUT2D eigenvalue weighted by Gasteiger charge is 2.06. The molecule has 0 saturated carbocycles. The number of hydrogen-bond acceptors (Lipinski definition) is 2. The SMILES string of the molecule is Cc1ccc(-c2ccc(/C=C/C(=O)Nc3ccc(F)cc3)o2)cc1Cl. The third-order valence-electron chi connectivity index (χ3n) is 3.59. The molecule has 0 aliphatic carbocycles. The molecular weight excluding hydrogens is 341 g/mol. The van der Waals surface area contributed by atoms with Gasteiger partial charge >= 0.3 is 0 Å². The van der Waals surface area contributed by atoms with E-state index in [1.54, 1.807) is 12.1 Å². The first-order chi connectivity index (χ1) is 12.0. The lowest BCUT2D eigenvalue weighted by atomic mass is 10.1. The van der Waals surface area contributed by atoms with Gasteiger partial charge in [-0.3, -0.25) is 4.79 Å². The van der Waals surface area contributed by atoms with Gasteiger partial charge in [0, 0.05) is 22.3 Å². The van der Waals surface area contributed by atoms with Gasteiger partial charge in [0.25, 0.3) is 0 Å². The number of carbonyl (C=O) groups excluding carboxylic acids is 1. The van der Waals surface area contributed by atoms with Gasteiger partial charge in [0.05, 0.1) is 0 Å². The van der Waals surface area contributed by atoms with Gasteiger partial charge in [-0.1, -0.05) is 23.7 Å². The fraction of sp³-hybridized carbons (Fsp3) is 0.0500. The standard InChI is InChI=1S/C20H15ClFNO2/c1-13-2-3-14(12-18(13)21)19-10-8-17(25-19)9-11-20(24)23-16-6-4-15(22)5-7-16/h2-12H,1H3,(H,23,24)/b11-9+. The molecular formula is C20H15ClFNO2. The third kappa shape index (κ3) is 4.37. The summed E-state index contributed by atoms with van der Waals surface area (Å²) in [4.78, 5) is 11.9. The van der Waals surface area contributed by atoms with Crippen LogP contribution in [0.25, 0.3) is 17.4 Å². The second kappa shape index (κ2) is 7.36. The number of hydrogen-bond donors (Lipinski definition) is 1. The molecule has 0 radical (unpaired) electrons. The van der Waals surface area contributed by atoms with Crippen LogP contribution >= 0.6 is 11.6 Å². The van der Waals surface area contributed by atoms with Gasteiger partial charge in [0.15, 0.2) is 0 Å². The molecule has 0 fully saturated rings. The van der Waals surface area contributed by atoms with E-state index in [4.69, 9.17) is 16.0 Å². The molecule has 0 saturated heterocycles. The van der Waals surface area contributed by atoms with Gasteiger partial charge in [0.2, 0.25) is 5.91 Å². The molecule has 3 nitrogen and oxygen atoms in total. The van der Waals surface area contributed by atoms with Crippen LogP contribution in [0.2, 0.25) is 5.02 Å². The maximum atomic E-state index is 12.8. The Labute approximate surface area is 149 Å². The molecule has 3 rings (SSSR count). The first kappa shape index (κ1) is 17.0. The number of rotatable bonds is 4. The summed E-state index contributed by atoms with van der Waals surface area (Å²) >= 11 is 6.13. The molecule has 5 heteroatoms. The Hall–Kier alpha value is -2.85. The molecule has 0 spiro atoms. The van der Waals surface area contributed by atoms with E-state index in [2.05, 4.69) is 5.32 Å². The van der Waals surface area contributed by atoms with Gasteiger partial charge in [-0.05, 0) is 61.0 Å². The Morgan fingerprint density at radius 2 is 1.88 bits per heavy atom. The Bertz CT molecular complexity index is 929. The molecule has 0 aliphatic heterocycles. The minimum absolute atomic E-state index is 0.331. The molecule has 1 N–H and O–H groups in total. The Kier molecular flexibility index (Phi) is 5.00. The summed E-state index contributed by atoms with van der Waals surface area (Å²) in [6, 6.07) is 14.8. The van der Waals surface area contributed by atoms with E-state index >= 15 is 0 Å². The van der Waals surface area contributed by atoms with E-state index in [0.717, 1.165) is 11.1 Å². The van der Waals surface area contributed by atoms with Crippen molar-refractivity contribution in [1.82, 2.24) is 0 Å². The van der Waals surface area contributed by atoms with Crippen molar-refractivity contribution >= 4 is 29.3 Å². The summed E-state index contributed by atoms with van der Waals surface area (Å²) < 4.78 is 18.5. The summed E-state index contributed by atoms with van der Waals surface area (Å²) in [5, 5.41) is 3.31. The number of furan rings is 1. The number of anilines is 1. The van der Waals surface area contributed by atoms with Gasteiger partial charge in [-0.2, -0.15) is 0 Å². The molecule has 0 aliphatic rings. The predicted octanol–water partition coefficient (Wildman–Crippen LogP) is 5.70. The number of benzene rings is 2. The fourth-order valence-electron chi connectivity index (χ4n) is 2.22. The minimum Gasteiger partial charge on any atom is -0.457 e. The maximum Gasteiger partial charge on any atom is 0.248 e. The molecule has 126 valence electrons. The van der Waals surface area contributed by atoms with Gasteiger partial charge in [-0.15, -0.1) is 0 Å². The van der Waals surface area contributed by atoms with E-state index < -0.39 is 0 Å². The monoisotopic (exact) mass is 355 g/mol. The molecule has 0 unspecified atom stereocenters. The number of nitrogens with one attached hydrogen (secondary N) is 1. The summed E-state index contributed by atoms with van der Waals surface area (Å²) in [5.74, 6) is 0.525. The van der Waals surface area contributed by atoms with Crippen LogP contribution < -0.4 is 5.32 Å². The van der Waals surface area contributed by atoms with Crippen LogP contribution in [0.15, 0.2) is 65.1 Å².